The number of carbonyl (C=O) groups excluding carboxylic acids is 1. The average molecular weight is 479 g/mol. The van der Waals surface area contributed by atoms with Gasteiger partial charge in [-0.2, -0.15) is 0 Å². The van der Waals surface area contributed by atoms with Gasteiger partial charge in [0.1, 0.15) is 0 Å². The lowest BCUT2D eigenvalue weighted by molar-refractivity contribution is -0.123. The third-order valence-electron chi connectivity index (χ3n) is 7.03. The Morgan fingerprint density at radius 2 is 1.91 bits per heavy atom. The van der Waals surface area contributed by atoms with Crippen LogP contribution in [0.3, 0.4) is 0 Å². The smallest absolute Gasteiger partial charge is 0.240 e. The first-order chi connectivity index (χ1) is 15.8. The molecular weight excluding hydrogens is 440 g/mol. The minimum Gasteiger partial charge on any atom is -0.374 e. The van der Waals surface area contributed by atoms with E-state index in [0.717, 1.165) is 57.2 Å². The zero-order valence-corrected chi connectivity index (χ0v) is 20.5. The Kier molecular flexibility index (Phi) is 8.07. The van der Waals surface area contributed by atoms with Crippen LogP contribution in [0.25, 0.3) is 0 Å². The van der Waals surface area contributed by atoms with Crippen LogP contribution in [0.5, 0.6) is 0 Å². The molecule has 2 saturated heterocycles. The monoisotopic (exact) mass is 478 g/mol. The maximum atomic E-state index is 13.0. The van der Waals surface area contributed by atoms with Gasteiger partial charge in [-0.3, -0.25) is 4.79 Å². The molecule has 0 spiro atoms. The minimum absolute atomic E-state index is 0.0104. The van der Waals surface area contributed by atoms with Gasteiger partial charge in [0.25, 0.3) is 0 Å². The molecule has 1 aromatic rings. The normalized spacial score (nSPS) is 30.2. The molecule has 1 saturated carbocycles. The summed E-state index contributed by atoms with van der Waals surface area (Å²) in [4.78, 5) is 12.8. The van der Waals surface area contributed by atoms with Gasteiger partial charge >= 0.3 is 0 Å². The fraction of sp³-hybridized carbons (Fsp3) is 0.708. The summed E-state index contributed by atoms with van der Waals surface area (Å²) in [5.41, 5.74) is 0.873. The summed E-state index contributed by atoms with van der Waals surface area (Å²) in [5, 5.41) is 9.85. The number of hydrogen-bond acceptors (Lipinski definition) is 6. The number of hydrogen-bond donors (Lipinski definition) is 4. The first kappa shape index (κ1) is 24.6. The highest BCUT2D eigenvalue weighted by Gasteiger charge is 2.38. The predicted octanol–water partition coefficient (Wildman–Crippen LogP) is 1.66. The van der Waals surface area contributed by atoms with Crippen molar-refractivity contribution in [3.05, 3.63) is 29.8 Å². The van der Waals surface area contributed by atoms with Crippen molar-refractivity contribution in [2.45, 2.75) is 94.1 Å². The van der Waals surface area contributed by atoms with E-state index in [1.54, 1.807) is 24.3 Å². The van der Waals surface area contributed by atoms with E-state index < -0.39 is 10.0 Å². The molecule has 4 rings (SSSR count). The number of piperidine rings is 1. The molecule has 1 aromatic carbocycles. The maximum Gasteiger partial charge on any atom is 0.240 e. The van der Waals surface area contributed by atoms with Gasteiger partial charge in [0.2, 0.25) is 15.9 Å². The Bertz CT molecular complexity index is 892. The standard InChI is InChI=1S/C24H38N4O4S/c1-16(2)32-23-6-4-3-5-21(23)28-33(30,31)19-9-7-17(8-10-19)14-26-24(29)22-13-18-15-25-12-11-20(18)27-22/h7-10,16,18,20-23,25,27-28H,3-6,11-15H2,1-2H3,(H,26,29). The molecular formula is C24H38N4O4S. The molecule has 3 fully saturated rings. The largest absolute Gasteiger partial charge is 0.374 e. The fourth-order valence-corrected chi connectivity index (χ4v) is 6.61. The molecule has 33 heavy (non-hydrogen) atoms. The minimum atomic E-state index is -3.64. The zero-order valence-electron chi connectivity index (χ0n) is 19.7. The quantitative estimate of drug-likeness (QED) is 0.453. The van der Waals surface area contributed by atoms with E-state index in [1.807, 2.05) is 13.8 Å². The summed E-state index contributed by atoms with van der Waals surface area (Å²) >= 11 is 0. The van der Waals surface area contributed by atoms with E-state index in [2.05, 4.69) is 20.7 Å². The highest BCUT2D eigenvalue weighted by molar-refractivity contribution is 7.89. The van der Waals surface area contributed by atoms with Gasteiger partial charge in [0.05, 0.1) is 23.1 Å². The average Bonchev–Trinajstić information content (AvgIpc) is 3.23. The van der Waals surface area contributed by atoms with Crippen LogP contribution in [0.4, 0.5) is 0 Å². The highest BCUT2D eigenvalue weighted by Crippen LogP contribution is 2.26. The SMILES string of the molecule is CC(C)OC1CCCCC1NS(=O)(=O)c1ccc(CNC(=O)C2CC3CNCCC3N2)cc1. The number of amides is 1. The Hall–Kier alpha value is -1.52. The van der Waals surface area contributed by atoms with Gasteiger partial charge in [-0.05, 0) is 76.2 Å². The van der Waals surface area contributed by atoms with E-state index in [-0.39, 0.29) is 35.1 Å². The first-order valence-electron chi connectivity index (χ1n) is 12.3. The topological polar surface area (TPSA) is 109 Å². The van der Waals surface area contributed by atoms with Crippen molar-refractivity contribution in [1.29, 1.82) is 0 Å². The number of rotatable bonds is 8. The zero-order chi connectivity index (χ0) is 23.4. The molecule has 8 nitrogen and oxygen atoms in total. The number of fused-ring (bicyclic) bond motifs is 1. The Labute approximate surface area is 197 Å². The molecule has 2 aliphatic heterocycles. The van der Waals surface area contributed by atoms with Gasteiger partial charge in [-0.15, -0.1) is 0 Å². The second-order valence-electron chi connectivity index (χ2n) is 9.91. The van der Waals surface area contributed by atoms with Crippen LogP contribution in [-0.4, -0.2) is 57.7 Å². The van der Waals surface area contributed by atoms with E-state index in [9.17, 15) is 13.2 Å². The van der Waals surface area contributed by atoms with Crippen molar-refractivity contribution in [3.63, 3.8) is 0 Å². The molecule has 184 valence electrons. The summed E-state index contributed by atoms with van der Waals surface area (Å²) in [6, 6.07) is 6.82. The Morgan fingerprint density at radius 1 is 1.15 bits per heavy atom. The molecule has 0 bridgehead atoms. The van der Waals surface area contributed by atoms with Crippen molar-refractivity contribution in [2.75, 3.05) is 13.1 Å². The molecule has 2 heterocycles. The second kappa shape index (κ2) is 10.8. The number of ether oxygens (including phenoxy) is 1. The second-order valence-corrected chi connectivity index (χ2v) is 11.6. The molecule has 0 aromatic heterocycles. The molecule has 1 aliphatic carbocycles. The molecule has 5 atom stereocenters. The highest BCUT2D eigenvalue weighted by atomic mass is 32.2. The Balaban J connectivity index is 1.30. The molecule has 0 radical (unpaired) electrons. The lowest BCUT2D eigenvalue weighted by Crippen LogP contribution is -2.47. The van der Waals surface area contributed by atoms with E-state index >= 15 is 0 Å². The molecule has 9 heteroatoms. The van der Waals surface area contributed by atoms with Crippen molar-refractivity contribution in [3.8, 4) is 0 Å². The predicted molar refractivity (Wildman–Crippen MR) is 127 cm³/mol. The van der Waals surface area contributed by atoms with E-state index in [1.165, 1.54) is 0 Å². The lowest BCUT2D eigenvalue weighted by Gasteiger charge is -2.33. The van der Waals surface area contributed by atoms with Crippen LogP contribution in [0.2, 0.25) is 0 Å². The van der Waals surface area contributed by atoms with Crippen LogP contribution in [0, 0.1) is 5.92 Å². The van der Waals surface area contributed by atoms with Crippen molar-refractivity contribution >= 4 is 15.9 Å². The van der Waals surface area contributed by atoms with Crippen LogP contribution < -0.4 is 20.7 Å². The summed E-state index contributed by atoms with van der Waals surface area (Å²) in [5.74, 6) is 0.525. The lowest BCUT2D eigenvalue weighted by atomic mass is 9.93. The summed E-state index contributed by atoms with van der Waals surface area (Å²) in [6.07, 6.45) is 5.61. The first-order valence-corrected chi connectivity index (χ1v) is 13.8. The van der Waals surface area contributed by atoms with Crippen molar-refractivity contribution in [1.82, 2.24) is 20.7 Å². The van der Waals surface area contributed by atoms with Crippen LogP contribution >= 0.6 is 0 Å². The maximum absolute atomic E-state index is 13.0. The third kappa shape index (κ3) is 6.33. The third-order valence-corrected chi connectivity index (χ3v) is 8.54. The molecule has 5 unspecified atom stereocenters. The van der Waals surface area contributed by atoms with Gasteiger partial charge in [0, 0.05) is 18.6 Å². The molecule has 3 aliphatic rings. The van der Waals surface area contributed by atoms with E-state index in [4.69, 9.17) is 4.74 Å². The Morgan fingerprint density at radius 3 is 2.64 bits per heavy atom. The number of benzene rings is 1. The summed E-state index contributed by atoms with van der Waals surface area (Å²) < 4.78 is 34.7. The van der Waals surface area contributed by atoms with Gasteiger partial charge in [-0.25, -0.2) is 13.1 Å². The van der Waals surface area contributed by atoms with Crippen LogP contribution in [0.15, 0.2) is 29.2 Å². The van der Waals surface area contributed by atoms with E-state index in [0.29, 0.717) is 18.5 Å². The molecule has 4 N–H and O–H groups in total. The number of carbonyl (C=O) groups is 1. The van der Waals surface area contributed by atoms with Gasteiger partial charge in [-0.1, -0.05) is 25.0 Å². The van der Waals surface area contributed by atoms with Crippen LogP contribution in [-0.2, 0) is 26.1 Å². The van der Waals surface area contributed by atoms with Crippen molar-refractivity contribution in [2.24, 2.45) is 5.92 Å². The number of sulfonamides is 1. The van der Waals surface area contributed by atoms with Gasteiger partial charge in [0.15, 0.2) is 0 Å². The summed E-state index contributed by atoms with van der Waals surface area (Å²) in [7, 11) is -3.64. The van der Waals surface area contributed by atoms with Crippen molar-refractivity contribution < 1.29 is 17.9 Å². The van der Waals surface area contributed by atoms with Crippen LogP contribution in [0.1, 0.15) is 57.9 Å². The fourth-order valence-electron chi connectivity index (χ4n) is 5.31. The molecule has 1 amide bonds. The number of nitrogens with one attached hydrogen (secondary N) is 4. The summed E-state index contributed by atoms with van der Waals surface area (Å²) in [6.45, 7) is 6.30. The van der Waals surface area contributed by atoms with Gasteiger partial charge < -0.3 is 20.7 Å².